The largest absolute Gasteiger partial charge is 0.278 e. The number of fused-ring (bicyclic) bond motifs is 2. The van der Waals surface area contributed by atoms with Crippen LogP contribution in [-0.2, 0) is 5.41 Å². The Morgan fingerprint density at radius 1 is 1.06 bits per heavy atom. The van der Waals surface area contributed by atoms with E-state index in [9.17, 15) is 0 Å². The topological polar surface area (TPSA) is 41.0 Å². The maximum absolute atomic E-state index is 5.28. The van der Waals surface area contributed by atoms with Crippen LogP contribution in [0.3, 0.4) is 0 Å². The Kier molecular flexibility index (Phi) is 4.85. The van der Waals surface area contributed by atoms with Crippen LogP contribution in [0.2, 0.25) is 0 Å². The molecule has 0 radical (unpaired) electrons. The summed E-state index contributed by atoms with van der Waals surface area (Å²) in [5.74, 6) is 2.23. The second-order valence-corrected chi connectivity index (χ2v) is 12.3. The first-order valence-electron chi connectivity index (χ1n) is 11.6. The molecule has 164 valence electrons. The zero-order valence-electron chi connectivity index (χ0n) is 19.9. The summed E-state index contributed by atoms with van der Waals surface area (Å²) in [5.41, 5.74) is 10.9. The van der Waals surface area contributed by atoms with Gasteiger partial charge in [0.15, 0.2) is 0 Å². The zero-order valence-corrected chi connectivity index (χ0v) is 20.8. The highest BCUT2D eigenvalue weighted by Gasteiger charge is 2.36. The van der Waals surface area contributed by atoms with E-state index >= 15 is 0 Å². The van der Waals surface area contributed by atoms with E-state index in [-0.39, 0.29) is 5.41 Å². The third kappa shape index (κ3) is 3.34. The number of benzene rings is 2. The van der Waals surface area contributed by atoms with Gasteiger partial charge in [0, 0.05) is 27.5 Å². The molecule has 1 unspecified atom stereocenters. The van der Waals surface area contributed by atoms with Crippen molar-refractivity contribution in [2.24, 2.45) is 4.40 Å². The molecule has 1 aliphatic carbocycles. The summed E-state index contributed by atoms with van der Waals surface area (Å²) in [5, 5.41) is 9.45. The highest BCUT2D eigenvalue weighted by molar-refractivity contribution is 8.16. The van der Waals surface area contributed by atoms with Gasteiger partial charge in [-0.2, -0.15) is 5.10 Å². The van der Waals surface area contributed by atoms with Gasteiger partial charge in [0.05, 0.1) is 16.9 Å². The van der Waals surface area contributed by atoms with Gasteiger partial charge in [-0.15, -0.1) is 11.1 Å². The van der Waals surface area contributed by atoms with E-state index in [1.807, 2.05) is 0 Å². The normalized spacial score (nSPS) is 19.9. The number of aryl methyl sites for hydroxylation is 2. The molecule has 3 nitrogen and oxygen atoms in total. The minimum atomic E-state index is -0.571. The lowest BCUT2D eigenvalue weighted by atomic mass is 9.81. The second-order valence-electron chi connectivity index (χ2n) is 10.5. The van der Waals surface area contributed by atoms with Crippen LogP contribution in [0.5, 0.6) is 0 Å². The molecule has 1 aromatic heterocycles. The van der Waals surface area contributed by atoms with E-state index in [0.29, 0.717) is 11.8 Å². The molecular weight excluding hydrogens is 398 g/mol. The van der Waals surface area contributed by atoms with Crippen molar-refractivity contribution in [3.05, 3.63) is 57.8 Å². The van der Waals surface area contributed by atoms with Gasteiger partial charge in [-0.1, -0.05) is 39.8 Å². The zero-order chi connectivity index (χ0) is 22.1. The van der Waals surface area contributed by atoms with Crippen molar-refractivity contribution in [2.45, 2.75) is 83.5 Å². The van der Waals surface area contributed by atoms with Gasteiger partial charge in [0.2, 0.25) is 0 Å². The number of rotatable bonds is 5. The molecule has 0 spiro atoms. The molecule has 1 fully saturated rings. The predicted octanol–water partition coefficient (Wildman–Crippen LogP) is 7.26. The third-order valence-electron chi connectivity index (χ3n) is 7.08. The fourth-order valence-corrected chi connectivity index (χ4v) is 8.18. The van der Waals surface area contributed by atoms with E-state index in [1.54, 1.807) is 0 Å². The number of nitrogens with zero attached hydrogens (tertiary/aromatic N) is 2. The van der Waals surface area contributed by atoms with Crippen LogP contribution >= 0.6 is 11.1 Å². The lowest BCUT2D eigenvalue weighted by molar-refractivity contribution is 0.601. The molecule has 2 aliphatic rings. The Labute approximate surface area is 189 Å². The first-order chi connectivity index (χ1) is 14.7. The molecule has 5 rings (SSSR count). The number of nitrogens with one attached hydrogen (secondary N) is 1. The van der Waals surface area contributed by atoms with Crippen LogP contribution in [0, 0.1) is 13.8 Å². The van der Waals surface area contributed by atoms with Crippen molar-refractivity contribution in [3.8, 4) is 0 Å². The van der Waals surface area contributed by atoms with Crippen LogP contribution in [0.15, 0.2) is 33.6 Å². The molecular formula is C27H35N3S. The van der Waals surface area contributed by atoms with Gasteiger partial charge in [0.25, 0.3) is 0 Å². The summed E-state index contributed by atoms with van der Waals surface area (Å²) in [6, 6.07) is 9.15. The van der Waals surface area contributed by atoms with Gasteiger partial charge in [0.1, 0.15) is 0 Å². The van der Waals surface area contributed by atoms with Gasteiger partial charge < -0.3 is 0 Å². The number of H-pyrrole nitrogens is 1. The molecule has 1 N–H and O–H groups in total. The monoisotopic (exact) mass is 433 g/mol. The lowest BCUT2D eigenvalue weighted by Crippen LogP contribution is -2.24. The Morgan fingerprint density at radius 3 is 2.45 bits per heavy atom. The van der Waals surface area contributed by atoms with Gasteiger partial charge >= 0.3 is 0 Å². The number of hydrogen-bond acceptors (Lipinski definition) is 2. The molecule has 1 atom stereocenters. The highest BCUT2D eigenvalue weighted by Crippen LogP contribution is 2.53. The third-order valence-corrected chi connectivity index (χ3v) is 9.64. The number of thiol groups is 1. The quantitative estimate of drug-likeness (QED) is 0.409. The van der Waals surface area contributed by atoms with Crippen molar-refractivity contribution >= 4 is 27.7 Å². The van der Waals surface area contributed by atoms with Crippen molar-refractivity contribution in [3.63, 3.8) is 0 Å². The molecule has 1 saturated carbocycles. The van der Waals surface area contributed by atoms with E-state index in [1.165, 1.54) is 67.9 Å². The SMILES string of the molecule is CC1=N[SH](CC(C)(C)c2c(C)ccc3[nH]nc(C4CC4)c23)c2ccc(C)c(C(C)C)c21. The first kappa shape index (κ1) is 20.8. The smallest absolute Gasteiger partial charge is 0.0734 e. The molecule has 4 heteroatoms. The van der Waals surface area contributed by atoms with Gasteiger partial charge in [-0.05, 0) is 79.3 Å². The number of aromatic nitrogens is 2. The molecule has 2 heterocycles. The highest BCUT2D eigenvalue weighted by atomic mass is 32.2. The Bertz CT molecular complexity index is 1210. The second kappa shape index (κ2) is 7.23. The maximum atomic E-state index is 5.28. The van der Waals surface area contributed by atoms with Crippen LogP contribution in [0.4, 0.5) is 0 Å². The van der Waals surface area contributed by atoms with Crippen molar-refractivity contribution < 1.29 is 0 Å². The Balaban J connectivity index is 1.59. The molecule has 3 aromatic rings. The van der Waals surface area contributed by atoms with Gasteiger partial charge in [-0.25, -0.2) is 4.40 Å². The Morgan fingerprint density at radius 2 is 1.77 bits per heavy atom. The van der Waals surface area contributed by atoms with Crippen LogP contribution in [0.25, 0.3) is 10.9 Å². The van der Waals surface area contributed by atoms with Crippen LogP contribution in [-0.4, -0.2) is 21.7 Å². The summed E-state index contributed by atoms with van der Waals surface area (Å²) in [6.07, 6.45) is 2.54. The van der Waals surface area contributed by atoms with Crippen LogP contribution < -0.4 is 0 Å². The van der Waals surface area contributed by atoms with E-state index in [0.717, 1.165) is 5.75 Å². The average Bonchev–Trinajstić information content (AvgIpc) is 3.38. The summed E-state index contributed by atoms with van der Waals surface area (Å²) in [7, 11) is 0. The predicted molar refractivity (Wildman–Crippen MR) is 135 cm³/mol. The molecule has 0 saturated heterocycles. The fourth-order valence-electron chi connectivity index (χ4n) is 5.68. The fraction of sp³-hybridized carbons (Fsp3) is 0.481. The summed E-state index contributed by atoms with van der Waals surface area (Å²) < 4.78 is 5.28. The van der Waals surface area contributed by atoms with Crippen molar-refractivity contribution in [2.75, 3.05) is 5.75 Å². The number of aromatic amines is 1. The molecule has 0 amide bonds. The van der Waals surface area contributed by atoms with E-state index in [4.69, 9.17) is 9.50 Å². The van der Waals surface area contributed by atoms with E-state index in [2.05, 4.69) is 77.8 Å². The maximum Gasteiger partial charge on any atom is 0.0734 e. The Hall–Kier alpha value is -2.07. The summed E-state index contributed by atoms with van der Waals surface area (Å²) >= 11 is -0.571. The van der Waals surface area contributed by atoms with Crippen molar-refractivity contribution in [1.82, 2.24) is 10.2 Å². The van der Waals surface area contributed by atoms with Crippen LogP contribution in [0.1, 0.15) is 92.8 Å². The molecule has 1 aliphatic heterocycles. The number of hydrogen-bond donors (Lipinski definition) is 2. The minimum Gasteiger partial charge on any atom is -0.278 e. The minimum absolute atomic E-state index is 0.0249. The van der Waals surface area contributed by atoms with Crippen molar-refractivity contribution in [1.29, 1.82) is 0 Å². The molecule has 2 aromatic carbocycles. The van der Waals surface area contributed by atoms with E-state index < -0.39 is 11.1 Å². The van der Waals surface area contributed by atoms with Gasteiger partial charge in [-0.3, -0.25) is 5.10 Å². The summed E-state index contributed by atoms with van der Waals surface area (Å²) in [6.45, 7) is 16.2. The summed E-state index contributed by atoms with van der Waals surface area (Å²) in [4.78, 5) is 1.48. The molecule has 0 bridgehead atoms. The standard InChI is InChI=1S/C27H35N3S/c1-15(2)22-16(3)9-13-21-23(22)18(5)30-31(21)14-27(6,7)25-17(4)8-12-20-24(25)26(29-28-20)19-10-11-19/h8-9,12-13,15,19,31H,10-11,14H2,1-7H3,(H,28,29). The molecule has 31 heavy (non-hydrogen) atoms. The lowest BCUT2D eigenvalue weighted by Gasteiger charge is -2.32. The first-order valence-corrected chi connectivity index (χ1v) is 13.1. The average molecular weight is 434 g/mol.